The SMILES string of the molecule is O=c1[nH]c(=O)n(/C=C\P(=O)(O)O)cc1CO. The van der Waals surface area contributed by atoms with Gasteiger partial charge in [-0.2, -0.15) is 0 Å². The summed E-state index contributed by atoms with van der Waals surface area (Å²) in [5.41, 5.74) is -1.69. The first kappa shape index (κ1) is 12.6. The Hall–Kier alpha value is -1.47. The molecule has 0 aliphatic rings. The zero-order chi connectivity index (χ0) is 12.3. The number of aromatic amines is 1. The highest BCUT2D eigenvalue weighted by Gasteiger charge is 2.07. The fourth-order valence-corrected chi connectivity index (χ4v) is 1.23. The summed E-state index contributed by atoms with van der Waals surface area (Å²) in [5.74, 6) is 0.508. The van der Waals surface area contributed by atoms with Crippen LogP contribution in [0.15, 0.2) is 21.6 Å². The summed E-state index contributed by atoms with van der Waals surface area (Å²) in [6.07, 6.45) is 1.81. The normalized spacial score (nSPS) is 12.2. The van der Waals surface area contributed by atoms with Gasteiger partial charge in [-0.25, -0.2) is 4.79 Å². The van der Waals surface area contributed by atoms with E-state index in [1.807, 2.05) is 4.98 Å². The van der Waals surface area contributed by atoms with Gasteiger partial charge in [0.25, 0.3) is 5.56 Å². The molecule has 0 aliphatic carbocycles. The molecule has 88 valence electrons. The van der Waals surface area contributed by atoms with Crippen molar-refractivity contribution in [2.75, 3.05) is 0 Å². The molecule has 0 atom stereocenters. The van der Waals surface area contributed by atoms with Gasteiger partial charge in [0.2, 0.25) is 0 Å². The summed E-state index contributed by atoms with van der Waals surface area (Å²) >= 11 is 0. The quantitative estimate of drug-likeness (QED) is 0.488. The van der Waals surface area contributed by atoms with E-state index in [-0.39, 0.29) is 5.56 Å². The number of nitrogens with zero attached hydrogens (tertiary/aromatic N) is 1. The molecule has 0 aliphatic heterocycles. The minimum Gasteiger partial charge on any atom is -0.391 e. The zero-order valence-corrected chi connectivity index (χ0v) is 8.79. The van der Waals surface area contributed by atoms with Crippen LogP contribution in [0.5, 0.6) is 0 Å². The predicted octanol–water partition coefficient (Wildman–Crippen LogP) is -1.37. The molecule has 4 N–H and O–H groups in total. The van der Waals surface area contributed by atoms with Crippen molar-refractivity contribution in [2.45, 2.75) is 6.61 Å². The van der Waals surface area contributed by atoms with E-state index in [1.165, 1.54) is 0 Å². The zero-order valence-electron chi connectivity index (χ0n) is 7.90. The lowest BCUT2D eigenvalue weighted by atomic mass is 10.3. The molecule has 0 aromatic carbocycles. The maximum Gasteiger partial charge on any atom is 0.350 e. The number of aromatic nitrogens is 2. The maximum atomic E-state index is 11.1. The van der Waals surface area contributed by atoms with Crippen molar-refractivity contribution < 1.29 is 19.5 Å². The Labute approximate surface area is 88.7 Å². The summed E-state index contributed by atoms with van der Waals surface area (Å²) in [6, 6.07) is 0. The maximum absolute atomic E-state index is 11.1. The number of aliphatic hydroxyl groups excluding tert-OH is 1. The van der Waals surface area contributed by atoms with Gasteiger partial charge >= 0.3 is 13.3 Å². The highest BCUT2D eigenvalue weighted by molar-refractivity contribution is 7.55. The van der Waals surface area contributed by atoms with Crippen LogP contribution < -0.4 is 11.2 Å². The molecule has 1 rings (SSSR count). The molecule has 0 saturated carbocycles. The Morgan fingerprint density at radius 3 is 2.56 bits per heavy atom. The first-order valence-corrected chi connectivity index (χ1v) is 5.71. The Balaban J connectivity index is 3.26. The van der Waals surface area contributed by atoms with Gasteiger partial charge in [-0.15, -0.1) is 0 Å². The lowest BCUT2D eigenvalue weighted by Gasteiger charge is -2.00. The van der Waals surface area contributed by atoms with Crippen LogP contribution in [0.3, 0.4) is 0 Å². The molecule has 0 fully saturated rings. The number of hydrogen-bond donors (Lipinski definition) is 4. The van der Waals surface area contributed by atoms with Gasteiger partial charge in [-0.1, -0.05) is 0 Å². The molecule has 1 aromatic rings. The summed E-state index contributed by atoms with van der Waals surface area (Å²) in [4.78, 5) is 41.1. The van der Waals surface area contributed by atoms with Crippen molar-refractivity contribution in [2.24, 2.45) is 0 Å². The summed E-state index contributed by atoms with van der Waals surface area (Å²) in [7, 11) is -4.38. The van der Waals surface area contributed by atoms with Crippen LogP contribution in [-0.4, -0.2) is 24.4 Å². The third-order valence-corrected chi connectivity index (χ3v) is 2.16. The van der Waals surface area contributed by atoms with Crippen LogP contribution in [0.4, 0.5) is 0 Å². The molecule has 0 radical (unpaired) electrons. The van der Waals surface area contributed by atoms with Gasteiger partial charge in [0, 0.05) is 18.2 Å². The van der Waals surface area contributed by atoms with Crippen LogP contribution >= 0.6 is 7.60 Å². The number of hydrogen-bond acceptors (Lipinski definition) is 4. The lowest BCUT2D eigenvalue weighted by molar-refractivity contribution is 0.279. The third kappa shape index (κ3) is 3.28. The number of nitrogens with one attached hydrogen (secondary N) is 1. The van der Waals surface area contributed by atoms with E-state index in [0.29, 0.717) is 5.82 Å². The van der Waals surface area contributed by atoms with E-state index in [4.69, 9.17) is 14.9 Å². The van der Waals surface area contributed by atoms with E-state index < -0.39 is 25.5 Å². The minimum absolute atomic E-state index is 0.0880. The van der Waals surface area contributed by atoms with E-state index in [9.17, 15) is 14.2 Å². The predicted molar refractivity (Wildman–Crippen MR) is 54.6 cm³/mol. The summed E-state index contributed by atoms with van der Waals surface area (Å²) < 4.78 is 11.3. The summed E-state index contributed by atoms with van der Waals surface area (Å²) in [6.45, 7) is -0.584. The van der Waals surface area contributed by atoms with Gasteiger partial charge in [0.1, 0.15) is 0 Å². The van der Waals surface area contributed by atoms with E-state index in [2.05, 4.69) is 0 Å². The second kappa shape index (κ2) is 4.58. The van der Waals surface area contributed by atoms with Crippen molar-refractivity contribution in [3.8, 4) is 0 Å². The average Bonchev–Trinajstić information content (AvgIpc) is 2.15. The first-order chi connectivity index (χ1) is 7.33. The van der Waals surface area contributed by atoms with Crippen LogP contribution in [0.25, 0.3) is 6.20 Å². The molecule has 16 heavy (non-hydrogen) atoms. The average molecular weight is 248 g/mol. The molecule has 0 saturated heterocycles. The number of H-pyrrole nitrogens is 1. The van der Waals surface area contributed by atoms with Crippen molar-refractivity contribution in [3.63, 3.8) is 0 Å². The fraction of sp³-hybridized carbons (Fsp3) is 0.143. The topological polar surface area (TPSA) is 133 Å². The Morgan fingerprint density at radius 2 is 2.06 bits per heavy atom. The molecule has 8 nitrogen and oxygen atoms in total. The van der Waals surface area contributed by atoms with Gasteiger partial charge in [-0.05, 0) is 0 Å². The lowest BCUT2D eigenvalue weighted by Crippen LogP contribution is -2.29. The molecule has 0 unspecified atom stereocenters. The highest BCUT2D eigenvalue weighted by atomic mass is 31.2. The van der Waals surface area contributed by atoms with Gasteiger partial charge in [0.15, 0.2) is 0 Å². The Kier molecular flexibility index (Phi) is 3.61. The molecule has 1 aromatic heterocycles. The van der Waals surface area contributed by atoms with Crippen LogP contribution in [-0.2, 0) is 11.2 Å². The Bertz CT molecular complexity index is 565. The van der Waals surface area contributed by atoms with Gasteiger partial charge in [0.05, 0.1) is 12.2 Å². The second-order valence-corrected chi connectivity index (χ2v) is 4.34. The molecular weight excluding hydrogens is 239 g/mol. The van der Waals surface area contributed by atoms with Gasteiger partial charge in [-0.3, -0.25) is 18.9 Å². The number of aliphatic hydroxyl groups is 1. The molecule has 0 amide bonds. The van der Waals surface area contributed by atoms with Crippen molar-refractivity contribution in [3.05, 3.63) is 38.4 Å². The van der Waals surface area contributed by atoms with E-state index >= 15 is 0 Å². The van der Waals surface area contributed by atoms with E-state index in [0.717, 1.165) is 17.0 Å². The van der Waals surface area contributed by atoms with Crippen LogP contribution in [0.2, 0.25) is 0 Å². The van der Waals surface area contributed by atoms with E-state index in [1.54, 1.807) is 0 Å². The molecule has 9 heteroatoms. The highest BCUT2D eigenvalue weighted by Crippen LogP contribution is 2.35. The third-order valence-electron chi connectivity index (χ3n) is 1.63. The van der Waals surface area contributed by atoms with Crippen molar-refractivity contribution in [1.82, 2.24) is 9.55 Å². The standard InChI is InChI=1S/C7H9N2O6P/c10-4-5-3-9(1-2-16(13,14)15)7(12)8-6(5)11/h1-3,10H,4H2,(H,8,11,12)(H2,13,14,15)/b2-1-. The molecule has 0 bridgehead atoms. The second-order valence-electron chi connectivity index (χ2n) is 2.87. The minimum atomic E-state index is -4.38. The van der Waals surface area contributed by atoms with Crippen molar-refractivity contribution >= 4 is 13.8 Å². The summed E-state index contributed by atoms with van der Waals surface area (Å²) in [5, 5.41) is 8.75. The van der Waals surface area contributed by atoms with Crippen LogP contribution in [0.1, 0.15) is 5.56 Å². The fourth-order valence-electron chi connectivity index (χ4n) is 0.909. The molecule has 1 heterocycles. The largest absolute Gasteiger partial charge is 0.391 e. The van der Waals surface area contributed by atoms with Crippen molar-refractivity contribution in [1.29, 1.82) is 0 Å². The van der Waals surface area contributed by atoms with Crippen LogP contribution in [0, 0.1) is 0 Å². The molecular formula is C7H9N2O6P. The molecule has 0 spiro atoms. The van der Waals surface area contributed by atoms with Gasteiger partial charge < -0.3 is 14.9 Å². The Morgan fingerprint density at radius 1 is 1.44 bits per heavy atom. The smallest absolute Gasteiger partial charge is 0.350 e. The first-order valence-electron chi connectivity index (χ1n) is 4.03. The number of rotatable bonds is 3. The monoisotopic (exact) mass is 248 g/mol.